The normalized spacial score (nSPS) is 11.7. The van der Waals surface area contributed by atoms with Gasteiger partial charge in [-0.05, 0) is 49.1 Å². The smallest absolute Gasteiger partial charge is 0.272 e. The molecule has 0 aliphatic carbocycles. The molecule has 0 aliphatic heterocycles. The second-order valence-electron chi connectivity index (χ2n) is 6.00. The molecule has 0 aliphatic rings. The summed E-state index contributed by atoms with van der Waals surface area (Å²) < 4.78 is 13.1. The van der Waals surface area contributed by atoms with Gasteiger partial charge in [0.15, 0.2) is 10.9 Å². The van der Waals surface area contributed by atoms with Crippen LogP contribution in [0.1, 0.15) is 30.3 Å². The summed E-state index contributed by atoms with van der Waals surface area (Å²) in [6.45, 7) is 2.03. The first-order valence-electron chi connectivity index (χ1n) is 8.96. The minimum Gasteiger partial charge on any atom is -0.339 e. The van der Waals surface area contributed by atoms with Crippen LogP contribution < -0.4 is 10.6 Å². The summed E-state index contributed by atoms with van der Waals surface area (Å²) in [5, 5.41) is 5.96. The lowest BCUT2D eigenvalue weighted by Gasteiger charge is -2.18. The molecule has 10 heteroatoms. The molecule has 0 spiro atoms. The SMILES string of the molecule is CCCSc1ncc(Cl)c(C(=O)N[C@@H](CCSC)C(=O)Nc2ccc(F)cc2)n1. The molecule has 1 aromatic heterocycles. The Morgan fingerprint density at radius 2 is 1.97 bits per heavy atom. The van der Waals surface area contributed by atoms with Gasteiger partial charge in [0.25, 0.3) is 5.91 Å². The number of aromatic nitrogens is 2. The molecule has 0 fully saturated rings. The number of carbonyl (C=O) groups is 2. The van der Waals surface area contributed by atoms with Crippen LogP contribution >= 0.6 is 35.1 Å². The van der Waals surface area contributed by atoms with Crippen LogP contribution in [0.3, 0.4) is 0 Å². The zero-order valence-corrected chi connectivity index (χ0v) is 18.5. The molecule has 1 heterocycles. The van der Waals surface area contributed by atoms with Crippen molar-refractivity contribution in [3.05, 3.63) is 47.0 Å². The van der Waals surface area contributed by atoms with E-state index in [-0.39, 0.29) is 10.7 Å². The number of hydrogen-bond donors (Lipinski definition) is 2. The van der Waals surface area contributed by atoms with E-state index in [4.69, 9.17) is 11.6 Å². The number of halogens is 2. The number of hydrogen-bond acceptors (Lipinski definition) is 6. The lowest BCUT2D eigenvalue weighted by molar-refractivity contribution is -0.118. The number of carbonyl (C=O) groups excluding carboxylic acids is 2. The largest absolute Gasteiger partial charge is 0.339 e. The van der Waals surface area contributed by atoms with Crippen molar-refractivity contribution in [3.8, 4) is 0 Å². The number of benzene rings is 1. The number of rotatable bonds is 10. The van der Waals surface area contributed by atoms with Gasteiger partial charge >= 0.3 is 0 Å². The average molecular weight is 457 g/mol. The van der Waals surface area contributed by atoms with Gasteiger partial charge in [-0.15, -0.1) is 0 Å². The second-order valence-corrected chi connectivity index (χ2v) is 8.46. The molecule has 156 valence electrons. The van der Waals surface area contributed by atoms with E-state index in [1.807, 2.05) is 13.2 Å². The van der Waals surface area contributed by atoms with Gasteiger partial charge in [0.1, 0.15) is 11.9 Å². The van der Waals surface area contributed by atoms with Crippen LogP contribution in [0, 0.1) is 5.82 Å². The minimum atomic E-state index is -0.794. The van der Waals surface area contributed by atoms with E-state index in [1.54, 1.807) is 11.8 Å². The van der Waals surface area contributed by atoms with Gasteiger partial charge in [0, 0.05) is 11.4 Å². The third-order valence-electron chi connectivity index (χ3n) is 3.72. The summed E-state index contributed by atoms with van der Waals surface area (Å²) in [7, 11) is 0. The predicted octanol–water partition coefficient (Wildman–Crippen LogP) is 4.26. The maximum Gasteiger partial charge on any atom is 0.272 e. The summed E-state index contributed by atoms with van der Waals surface area (Å²) in [6, 6.07) is 4.62. The Bertz CT molecular complexity index is 839. The van der Waals surface area contributed by atoms with E-state index in [0.29, 0.717) is 23.0 Å². The Hall–Kier alpha value is -1.84. The summed E-state index contributed by atoms with van der Waals surface area (Å²) >= 11 is 9.09. The third kappa shape index (κ3) is 7.49. The molecule has 2 amide bonds. The molecule has 0 bridgehead atoms. The van der Waals surface area contributed by atoms with Gasteiger partial charge in [-0.3, -0.25) is 9.59 Å². The molecule has 6 nitrogen and oxygen atoms in total. The van der Waals surface area contributed by atoms with Crippen LogP contribution in [0.25, 0.3) is 0 Å². The Morgan fingerprint density at radius 3 is 2.62 bits per heavy atom. The maximum absolute atomic E-state index is 13.1. The molecule has 0 saturated heterocycles. The van der Waals surface area contributed by atoms with Crippen LogP contribution in [0.4, 0.5) is 10.1 Å². The van der Waals surface area contributed by atoms with Crippen molar-refractivity contribution in [2.24, 2.45) is 0 Å². The number of amides is 2. The average Bonchev–Trinajstić information content (AvgIpc) is 2.71. The second kappa shape index (κ2) is 12.0. The fraction of sp³-hybridized carbons (Fsp3) is 0.368. The molecule has 2 aromatic rings. The maximum atomic E-state index is 13.1. The van der Waals surface area contributed by atoms with Gasteiger partial charge in [-0.2, -0.15) is 11.8 Å². The highest BCUT2D eigenvalue weighted by atomic mass is 35.5. The summed E-state index contributed by atoms with van der Waals surface area (Å²) in [4.78, 5) is 33.7. The molecule has 0 radical (unpaired) electrons. The molecule has 29 heavy (non-hydrogen) atoms. The van der Waals surface area contributed by atoms with E-state index in [9.17, 15) is 14.0 Å². The van der Waals surface area contributed by atoms with Crippen LogP contribution in [0.2, 0.25) is 5.02 Å². The molecule has 1 aromatic carbocycles. The zero-order chi connectivity index (χ0) is 21.2. The summed E-state index contributed by atoms with van der Waals surface area (Å²) in [5.74, 6) is 0.141. The van der Waals surface area contributed by atoms with Crippen molar-refractivity contribution in [2.75, 3.05) is 23.1 Å². The lowest BCUT2D eigenvalue weighted by atomic mass is 10.2. The highest BCUT2D eigenvalue weighted by molar-refractivity contribution is 7.99. The van der Waals surface area contributed by atoms with Crippen LogP contribution in [-0.2, 0) is 4.79 Å². The van der Waals surface area contributed by atoms with Crippen LogP contribution in [-0.4, -0.2) is 45.6 Å². The Morgan fingerprint density at radius 1 is 1.24 bits per heavy atom. The van der Waals surface area contributed by atoms with Crippen LogP contribution in [0.15, 0.2) is 35.6 Å². The zero-order valence-electron chi connectivity index (χ0n) is 16.1. The van der Waals surface area contributed by atoms with E-state index in [0.717, 1.165) is 12.2 Å². The third-order valence-corrected chi connectivity index (χ3v) is 5.70. The highest BCUT2D eigenvalue weighted by Crippen LogP contribution is 2.19. The number of nitrogens with zero attached hydrogens (tertiary/aromatic N) is 2. The van der Waals surface area contributed by atoms with Crippen molar-refractivity contribution >= 4 is 52.6 Å². The first-order chi connectivity index (χ1) is 13.9. The van der Waals surface area contributed by atoms with Crippen molar-refractivity contribution in [1.82, 2.24) is 15.3 Å². The minimum absolute atomic E-state index is 0.0315. The molecular weight excluding hydrogens is 435 g/mol. The van der Waals surface area contributed by atoms with Crippen LogP contribution in [0.5, 0.6) is 0 Å². The van der Waals surface area contributed by atoms with Gasteiger partial charge in [-0.25, -0.2) is 14.4 Å². The van der Waals surface area contributed by atoms with E-state index >= 15 is 0 Å². The predicted molar refractivity (Wildman–Crippen MR) is 117 cm³/mol. The molecule has 0 saturated carbocycles. The Kier molecular flexibility index (Phi) is 9.69. The molecule has 0 unspecified atom stereocenters. The lowest BCUT2D eigenvalue weighted by Crippen LogP contribution is -2.44. The Labute approximate surface area is 182 Å². The first kappa shape index (κ1) is 23.4. The molecule has 1 atom stereocenters. The van der Waals surface area contributed by atoms with Gasteiger partial charge < -0.3 is 10.6 Å². The van der Waals surface area contributed by atoms with E-state index < -0.39 is 23.7 Å². The van der Waals surface area contributed by atoms with Gasteiger partial charge in [-0.1, -0.05) is 30.3 Å². The molecule has 2 rings (SSSR count). The van der Waals surface area contributed by atoms with Crippen molar-refractivity contribution in [2.45, 2.75) is 31.0 Å². The fourth-order valence-electron chi connectivity index (χ4n) is 2.27. The quantitative estimate of drug-likeness (QED) is 0.410. The first-order valence-corrected chi connectivity index (χ1v) is 11.7. The van der Waals surface area contributed by atoms with Crippen molar-refractivity contribution < 1.29 is 14.0 Å². The Balaban J connectivity index is 2.13. The monoisotopic (exact) mass is 456 g/mol. The fourth-order valence-corrected chi connectivity index (χ4v) is 3.58. The van der Waals surface area contributed by atoms with Crippen molar-refractivity contribution in [3.63, 3.8) is 0 Å². The van der Waals surface area contributed by atoms with Gasteiger partial charge in [0.2, 0.25) is 5.91 Å². The number of anilines is 1. The number of thioether (sulfide) groups is 2. The molecular formula is C19H22ClFN4O2S2. The number of nitrogens with one attached hydrogen (secondary N) is 2. The van der Waals surface area contributed by atoms with E-state index in [2.05, 4.69) is 20.6 Å². The summed E-state index contributed by atoms with van der Waals surface area (Å²) in [6.07, 6.45) is 4.66. The summed E-state index contributed by atoms with van der Waals surface area (Å²) in [5.41, 5.74) is 0.474. The standard InChI is InChI=1S/C19H22ClFN4O2S2/c1-3-9-29-19-22-11-14(20)16(25-19)18(27)24-15(8-10-28-2)17(26)23-13-6-4-12(21)5-7-13/h4-7,11,15H,3,8-10H2,1-2H3,(H,23,26)(H,24,27)/t15-/m0/s1. The van der Waals surface area contributed by atoms with Gasteiger partial charge in [0.05, 0.1) is 11.2 Å². The molecule has 2 N–H and O–H groups in total. The van der Waals surface area contributed by atoms with Crippen molar-refractivity contribution in [1.29, 1.82) is 0 Å². The highest BCUT2D eigenvalue weighted by Gasteiger charge is 2.24. The van der Waals surface area contributed by atoms with E-state index in [1.165, 1.54) is 42.2 Å². The topological polar surface area (TPSA) is 84.0 Å².